The average molecular weight is 201 g/mol. The van der Waals surface area contributed by atoms with Crippen LogP contribution < -0.4 is 16.4 Å². The second-order valence-electron chi connectivity index (χ2n) is 3.63. The van der Waals surface area contributed by atoms with Crippen LogP contribution in [0.25, 0.3) is 0 Å². The molecule has 0 heterocycles. The van der Waals surface area contributed by atoms with E-state index in [9.17, 15) is 4.79 Å². The summed E-state index contributed by atoms with van der Waals surface area (Å²) in [6, 6.07) is 0.123. The molecule has 2 amide bonds. The van der Waals surface area contributed by atoms with Gasteiger partial charge in [0.1, 0.15) is 0 Å². The highest BCUT2D eigenvalue weighted by Gasteiger charge is 2.20. The number of nitrogens with one attached hydrogen (secondary N) is 2. The minimum absolute atomic E-state index is 0.0972. The number of methoxy groups -OCH3 is 1. The van der Waals surface area contributed by atoms with Gasteiger partial charge in [0.15, 0.2) is 0 Å². The number of urea groups is 1. The molecule has 0 aromatic heterocycles. The van der Waals surface area contributed by atoms with Crippen molar-refractivity contribution in [2.24, 2.45) is 5.73 Å². The zero-order chi connectivity index (χ0) is 10.4. The Bertz CT molecular complexity index is 183. The van der Waals surface area contributed by atoms with Crippen LogP contribution >= 0.6 is 0 Å². The Labute approximate surface area is 84.4 Å². The fourth-order valence-electron chi connectivity index (χ4n) is 1.33. The fraction of sp³-hybridized carbons (Fsp3) is 0.889. The van der Waals surface area contributed by atoms with Crippen molar-refractivity contribution >= 4 is 6.03 Å². The standard InChI is InChI=1S/C9H19N3O2/c1-14-6-8(5-10)12-9(13)11-7-3-2-4-7/h7-8H,2-6,10H2,1H3,(H2,11,12,13). The minimum atomic E-state index is -0.137. The van der Waals surface area contributed by atoms with Crippen molar-refractivity contribution in [3.63, 3.8) is 0 Å². The second-order valence-corrected chi connectivity index (χ2v) is 3.63. The maximum absolute atomic E-state index is 11.4. The summed E-state index contributed by atoms with van der Waals surface area (Å²) in [5.74, 6) is 0. The lowest BCUT2D eigenvalue weighted by atomic mass is 9.93. The number of hydrogen-bond donors (Lipinski definition) is 3. The summed E-state index contributed by atoms with van der Waals surface area (Å²) >= 11 is 0. The van der Waals surface area contributed by atoms with Crippen LogP contribution in [-0.2, 0) is 4.74 Å². The Morgan fingerprint density at radius 1 is 1.64 bits per heavy atom. The van der Waals surface area contributed by atoms with E-state index in [1.165, 1.54) is 6.42 Å². The van der Waals surface area contributed by atoms with E-state index in [0.29, 0.717) is 19.2 Å². The summed E-state index contributed by atoms with van der Waals surface area (Å²) in [7, 11) is 1.59. The van der Waals surface area contributed by atoms with Crippen molar-refractivity contribution in [1.29, 1.82) is 0 Å². The van der Waals surface area contributed by atoms with E-state index in [0.717, 1.165) is 12.8 Å². The second kappa shape index (κ2) is 5.82. The molecule has 0 saturated heterocycles. The molecular formula is C9H19N3O2. The summed E-state index contributed by atoms with van der Waals surface area (Å²) in [4.78, 5) is 11.4. The van der Waals surface area contributed by atoms with Gasteiger partial charge in [-0.3, -0.25) is 0 Å². The zero-order valence-corrected chi connectivity index (χ0v) is 8.58. The van der Waals surface area contributed by atoms with Gasteiger partial charge in [0.25, 0.3) is 0 Å². The highest BCUT2D eigenvalue weighted by Crippen LogP contribution is 2.17. The first-order chi connectivity index (χ1) is 6.76. The molecule has 4 N–H and O–H groups in total. The Morgan fingerprint density at radius 2 is 2.36 bits per heavy atom. The molecule has 1 atom stereocenters. The third kappa shape index (κ3) is 3.51. The Hall–Kier alpha value is -0.810. The van der Waals surface area contributed by atoms with E-state index in [1.54, 1.807) is 7.11 Å². The third-order valence-corrected chi connectivity index (χ3v) is 2.43. The minimum Gasteiger partial charge on any atom is -0.383 e. The van der Waals surface area contributed by atoms with Crippen LogP contribution in [-0.4, -0.2) is 38.4 Å². The number of carbonyl (C=O) groups excluding carboxylic acids is 1. The van der Waals surface area contributed by atoms with Gasteiger partial charge in [-0.25, -0.2) is 4.79 Å². The first-order valence-electron chi connectivity index (χ1n) is 5.02. The molecule has 1 aliphatic rings. The molecule has 0 spiro atoms. The van der Waals surface area contributed by atoms with Gasteiger partial charge in [0, 0.05) is 19.7 Å². The van der Waals surface area contributed by atoms with Crippen LogP contribution in [0.5, 0.6) is 0 Å². The predicted octanol–water partition coefficient (Wildman–Crippen LogP) is -0.188. The number of nitrogens with two attached hydrogens (primary N) is 1. The van der Waals surface area contributed by atoms with Gasteiger partial charge in [-0.15, -0.1) is 0 Å². The highest BCUT2D eigenvalue weighted by atomic mass is 16.5. The van der Waals surface area contributed by atoms with E-state index < -0.39 is 0 Å². The van der Waals surface area contributed by atoms with Crippen LogP contribution in [0.1, 0.15) is 19.3 Å². The normalized spacial score (nSPS) is 18.4. The molecule has 1 unspecified atom stereocenters. The molecule has 1 rings (SSSR count). The smallest absolute Gasteiger partial charge is 0.315 e. The van der Waals surface area contributed by atoms with Crippen molar-refractivity contribution in [3.05, 3.63) is 0 Å². The van der Waals surface area contributed by atoms with Crippen molar-refractivity contribution in [2.75, 3.05) is 20.3 Å². The van der Waals surface area contributed by atoms with Gasteiger partial charge >= 0.3 is 6.03 Å². The van der Waals surface area contributed by atoms with Crippen LogP contribution in [0.3, 0.4) is 0 Å². The molecule has 82 valence electrons. The zero-order valence-electron chi connectivity index (χ0n) is 8.58. The summed E-state index contributed by atoms with van der Waals surface area (Å²) in [6.45, 7) is 0.848. The van der Waals surface area contributed by atoms with Crippen LogP contribution in [0.15, 0.2) is 0 Å². The molecule has 5 heteroatoms. The quantitative estimate of drug-likeness (QED) is 0.577. The SMILES string of the molecule is COCC(CN)NC(=O)NC1CCC1. The lowest BCUT2D eigenvalue weighted by Crippen LogP contribution is -2.51. The van der Waals surface area contributed by atoms with Gasteiger partial charge in [-0.05, 0) is 19.3 Å². The lowest BCUT2D eigenvalue weighted by molar-refractivity contribution is 0.165. The maximum atomic E-state index is 11.4. The van der Waals surface area contributed by atoms with Gasteiger partial charge in [0.2, 0.25) is 0 Å². The Kier molecular flexibility index (Phi) is 4.69. The van der Waals surface area contributed by atoms with E-state index >= 15 is 0 Å². The summed E-state index contributed by atoms with van der Waals surface area (Å²) < 4.78 is 4.92. The summed E-state index contributed by atoms with van der Waals surface area (Å²) in [5, 5.41) is 5.65. The van der Waals surface area contributed by atoms with Crippen LogP contribution in [0.4, 0.5) is 4.79 Å². The molecule has 1 fully saturated rings. The van der Waals surface area contributed by atoms with E-state index in [1.807, 2.05) is 0 Å². The first kappa shape index (κ1) is 11.3. The number of rotatable bonds is 5. The van der Waals surface area contributed by atoms with Crippen LogP contribution in [0.2, 0.25) is 0 Å². The number of hydrogen-bond acceptors (Lipinski definition) is 3. The van der Waals surface area contributed by atoms with E-state index in [-0.39, 0.29) is 12.1 Å². The van der Waals surface area contributed by atoms with Gasteiger partial charge in [-0.2, -0.15) is 0 Å². The maximum Gasteiger partial charge on any atom is 0.315 e. The first-order valence-corrected chi connectivity index (χ1v) is 5.02. The Morgan fingerprint density at radius 3 is 2.79 bits per heavy atom. The molecule has 0 bridgehead atoms. The highest BCUT2D eigenvalue weighted by molar-refractivity contribution is 5.74. The topological polar surface area (TPSA) is 76.4 Å². The van der Waals surface area contributed by atoms with Crippen molar-refractivity contribution in [2.45, 2.75) is 31.3 Å². The van der Waals surface area contributed by atoms with E-state index in [4.69, 9.17) is 10.5 Å². The predicted molar refractivity (Wildman–Crippen MR) is 54.0 cm³/mol. The summed E-state index contributed by atoms with van der Waals surface area (Å²) in [6.07, 6.45) is 3.39. The number of carbonyl (C=O) groups is 1. The number of ether oxygens (including phenoxy) is 1. The van der Waals surface area contributed by atoms with Gasteiger partial charge < -0.3 is 21.1 Å². The Balaban J connectivity index is 2.15. The molecule has 0 aliphatic heterocycles. The fourth-order valence-corrected chi connectivity index (χ4v) is 1.33. The number of amides is 2. The molecule has 14 heavy (non-hydrogen) atoms. The molecule has 1 aliphatic carbocycles. The largest absolute Gasteiger partial charge is 0.383 e. The molecule has 5 nitrogen and oxygen atoms in total. The van der Waals surface area contributed by atoms with Crippen molar-refractivity contribution < 1.29 is 9.53 Å². The molecule has 0 aromatic rings. The molecular weight excluding hydrogens is 182 g/mol. The molecule has 0 aromatic carbocycles. The van der Waals surface area contributed by atoms with Crippen molar-refractivity contribution in [3.8, 4) is 0 Å². The van der Waals surface area contributed by atoms with Gasteiger partial charge in [-0.1, -0.05) is 0 Å². The van der Waals surface area contributed by atoms with Crippen LogP contribution in [0, 0.1) is 0 Å². The molecule has 1 saturated carbocycles. The van der Waals surface area contributed by atoms with Gasteiger partial charge in [0.05, 0.1) is 12.6 Å². The van der Waals surface area contributed by atoms with Crippen molar-refractivity contribution in [1.82, 2.24) is 10.6 Å². The lowest BCUT2D eigenvalue weighted by Gasteiger charge is -2.27. The summed E-state index contributed by atoms with van der Waals surface area (Å²) in [5.41, 5.74) is 5.46. The third-order valence-electron chi connectivity index (χ3n) is 2.43. The average Bonchev–Trinajstić information content (AvgIpc) is 2.11. The molecule has 0 radical (unpaired) electrons. The van der Waals surface area contributed by atoms with E-state index in [2.05, 4.69) is 10.6 Å². The monoisotopic (exact) mass is 201 g/mol.